The number of H-pyrrole nitrogens is 1. The molecule has 3 N–H and O–H groups in total. The number of likely N-dealkylation sites (tertiary alicyclic amines) is 1. The van der Waals surface area contributed by atoms with Crippen LogP contribution in [-0.4, -0.2) is 76.1 Å². The van der Waals surface area contributed by atoms with Crippen molar-refractivity contribution in [2.75, 3.05) is 36.5 Å². The number of nitrogens with zero attached hydrogens (tertiary/aromatic N) is 4. The van der Waals surface area contributed by atoms with Crippen molar-refractivity contribution >= 4 is 34.4 Å². The van der Waals surface area contributed by atoms with Gasteiger partial charge in [0.1, 0.15) is 23.6 Å². The molecule has 10 nitrogen and oxygen atoms in total. The summed E-state index contributed by atoms with van der Waals surface area (Å²) in [6.45, 7) is 7.06. The fraction of sp³-hybridized carbons (Fsp3) is 0.353. The first-order valence-electron chi connectivity index (χ1n) is 15.5. The van der Waals surface area contributed by atoms with Crippen molar-refractivity contribution in [2.45, 2.75) is 50.4 Å². The third-order valence-corrected chi connectivity index (χ3v) is 9.06. The number of benzene rings is 2. The minimum atomic E-state index is -0.577. The van der Waals surface area contributed by atoms with E-state index < -0.39 is 11.7 Å². The number of ether oxygens (including phenoxy) is 1. The second-order valence-corrected chi connectivity index (χ2v) is 12.1. The van der Waals surface area contributed by atoms with Crippen LogP contribution >= 0.6 is 0 Å². The molecule has 5 heterocycles. The minimum Gasteiger partial charge on any atom is -0.377 e. The normalized spacial score (nSPS) is 21.5. The molecule has 2 bridgehead atoms. The van der Waals surface area contributed by atoms with E-state index in [1.165, 1.54) is 12.1 Å². The van der Waals surface area contributed by atoms with Crippen LogP contribution in [0.3, 0.4) is 0 Å². The lowest BCUT2D eigenvalue weighted by atomic mass is 10.0. The Morgan fingerprint density at radius 2 is 1.87 bits per heavy atom. The van der Waals surface area contributed by atoms with Crippen LogP contribution in [0.5, 0.6) is 0 Å². The lowest BCUT2D eigenvalue weighted by molar-refractivity contribution is -0.117. The monoisotopic (exact) mass is 609 g/mol. The lowest BCUT2D eigenvalue weighted by Gasteiger charge is -2.35. The van der Waals surface area contributed by atoms with Gasteiger partial charge < -0.3 is 25.3 Å². The van der Waals surface area contributed by atoms with Gasteiger partial charge in [0.25, 0.3) is 5.91 Å². The van der Waals surface area contributed by atoms with Crippen LogP contribution in [-0.2, 0) is 16.1 Å². The first kappa shape index (κ1) is 29.1. The van der Waals surface area contributed by atoms with E-state index in [1.807, 2.05) is 12.1 Å². The number of aromatic nitrogens is 3. The Morgan fingerprint density at radius 1 is 1.07 bits per heavy atom. The Balaban J connectivity index is 1.03. The number of carbonyl (C=O) groups is 2. The SMILES string of the molecule is C=CC(=O)N[C@@H]1CCCN(Cc2ccc(F)c(C(=O)Nc3ccc(-c4cc5c(N6C7CCC6COC7)ncnc5[nH]4)cc3)c2)C1. The number of piperidine rings is 1. The summed E-state index contributed by atoms with van der Waals surface area (Å²) >= 11 is 0. The number of carbonyl (C=O) groups excluding carboxylic acids is 2. The summed E-state index contributed by atoms with van der Waals surface area (Å²) in [5.74, 6) is -0.337. The number of aromatic amines is 1. The molecular weight excluding hydrogens is 573 g/mol. The van der Waals surface area contributed by atoms with E-state index in [1.54, 1.807) is 30.6 Å². The van der Waals surface area contributed by atoms with Gasteiger partial charge in [0.2, 0.25) is 5.91 Å². The number of hydrogen-bond acceptors (Lipinski definition) is 7. The van der Waals surface area contributed by atoms with Crippen LogP contribution in [0.2, 0.25) is 0 Å². The van der Waals surface area contributed by atoms with Gasteiger partial charge in [-0.15, -0.1) is 0 Å². The molecule has 2 unspecified atom stereocenters. The molecule has 0 aliphatic carbocycles. The Morgan fingerprint density at radius 3 is 2.64 bits per heavy atom. The maximum Gasteiger partial charge on any atom is 0.258 e. The summed E-state index contributed by atoms with van der Waals surface area (Å²) in [5.41, 5.74) is 3.98. The summed E-state index contributed by atoms with van der Waals surface area (Å²) < 4.78 is 20.6. The first-order valence-corrected chi connectivity index (χ1v) is 15.5. The van der Waals surface area contributed by atoms with Crippen molar-refractivity contribution in [3.8, 4) is 11.3 Å². The summed E-state index contributed by atoms with van der Waals surface area (Å²) in [4.78, 5) is 42.0. The predicted molar refractivity (Wildman–Crippen MR) is 170 cm³/mol. The van der Waals surface area contributed by atoms with Gasteiger partial charge >= 0.3 is 0 Å². The van der Waals surface area contributed by atoms with Crippen LogP contribution < -0.4 is 15.5 Å². The van der Waals surface area contributed by atoms with Gasteiger partial charge in [-0.2, -0.15) is 0 Å². The highest BCUT2D eigenvalue weighted by Gasteiger charge is 2.39. The van der Waals surface area contributed by atoms with Crippen molar-refractivity contribution in [3.63, 3.8) is 0 Å². The Bertz CT molecular complexity index is 1720. The number of anilines is 2. The Labute approximate surface area is 260 Å². The van der Waals surface area contributed by atoms with Crippen molar-refractivity contribution in [3.05, 3.63) is 84.5 Å². The average Bonchev–Trinajstić information content (AvgIpc) is 3.59. The van der Waals surface area contributed by atoms with Crippen LogP contribution in [0, 0.1) is 5.82 Å². The third kappa shape index (κ3) is 6.05. The van der Waals surface area contributed by atoms with E-state index >= 15 is 0 Å². The number of morpholine rings is 1. The van der Waals surface area contributed by atoms with E-state index in [9.17, 15) is 14.0 Å². The van der Waals surface area contributed by atoms with Crippen LogP contribution in [0.25, 0.3) is 22.3 Å². The van der Waals surface area contributed by atoms with Gasteiger partial charge in [-0.25, -0.2) is 14.4 Å². The first-order chi connectivity index (χ1) is 21.9. The molecule has 232 valence electrons. The molecule has 2 aromatic carbocycles. The molecule has 3 aliphatic rings. The molecule has 2 aromatic heterocycles. The summed E-state index contributed by atoms with van der Waals surface area (Å²) in [5, 5.41) is 6.77. The number of hydrogen-bond donors (Lipinski definition) is 3. The van der Waals surface area contributed by atoms with Gasteiger partial charge in [0.15, 0.2) is 0 Å². The molecule has 7 rings (SSSR count). The topological polar surface area (TPSA) is 115 Å². The molecule has 3 saturated heterocycles. The number of nitrogens with one attached hydrogen (secondary N) is 3. The molecule has 0 spiro atoms. The zero-order valence-electron chi connectivity index (χ0n) is 25.0. The van der Waals surface area contributed by atoms with Gasteiger partial charge in [0, 0.05) is 30.5 Å². The number of amides is 2. The highest BCUT2D eigenvalue weighted by molar-refractivity contribution is 6.04. The Hall–Kier alpha value is -4.61. The molecule has 2 amide bonds. The fourth-order valence-corrected chi connectivity index (χ4v) is 6.87. The average molecular weight is 610 g/mol. The van der Waals surface area contributed by atoms with E-state index in [2.05, 4.69) is 48.0 Å². The third-order valence-electron chi connectivity index (χ3n) is 9.06. The molecule has 3 aliphatic heterocycles. The van der Waals surface area contributed by atoms with Gasteiger partial charge in [-0.05, 0) is 79.8 Å². The maximum absolute atomic E-state index is 14.8. The predicted octanol–water partition coefficient (Wildman–Crippen LogP) is 4.65. The number of rotatable bonds is 8. The second-order valence-electron chi connectivity index (χ2n) is 12.1. The largest absolute Gasteiger partial charge is 0.377 e. The minimum absolute atomic E-state index is 0.0103. The molecule has 45 heavy (non-hydrogen) atoms. The van der Waals surface area contributed by atoms with Crippen molar-refractivity contribution < 1.29 is 18.7 Å². The van der Waals surface area contributed by atoms with Gasteiger partial charge in [0.05, 0.1) is 36.2 Å². The summed E-state index contributed by atoms with van der Waals surface area (Å²) in [6.07, 6.45) is 6.92. The van der Waals surface area contributed by atoms with E-state index in [0.29, 0.717) is 30.9 Å². The fourth-order valence-electron chi connectivity index (χ4n) is 6.87. The van der Waals surface area contributed by atoms with Crippen LogP contribution in [0.1, 0.15) is 41.6 Å². The second kappa shape index (κ2) is 12.4. The zero-order chi connectivity index (χ0) is 30.9. The molecular formula is C34H36FN7O3. The summed E-state index contributed by atoms with van der Waals surface area (Å²) in [6, 6.07) is 14.9. The molecule has 3 atom stereocenters. The summed E-state index contributed by atoms with van der Waals surface area (Å²) in [7, 11) is 0. The van der Waals surface area contributed by atoms with E-state index in [0.717, 1.165) is 79.1 Å². The maximum atomic E-state index is 14.8. The molecule has 0 radical (unpaired) electrons. The van der Waals surface area contributed by atoms with Crippen LogP contribution in [0.4, 0.5) is 15.9 Å². The molecule has 0 saturated carbocycles. The highest BCUT2D eigenvalue weighted by Crippen LogP contribution is 2.37. The number of halogens is 1. The van der Waals surface area contributed by atoms with Crippen LogP contribution in [0.15, 0.2) is 67.5 Å². The zero-order valence-corrected chi connectivity index (χ0v) is 25.0. The van der Waals surface area contributed by atoms with Crippen molar-refractivity contribution in [1.29, 1.82) is 0 Å². The van der Waals surface area contributed by atoms with E-state index in [-0.39, 0.29) is 17.5 Å². The molecule has 3 fully saturated rings. The molecule has 4 aromatic rings. The van der Waals surface area contributed by atoms with E-state index in [4.69, 9.17) is 4.74 Å². The van der Waals surface area contributed by atoms with Crippen molar-refractivity contribution in [1.82, 2.24) is 25.2 Å². The molecule has 11 heteroatoms. The van der Waals surface area contributed by atoms with Crippen molar-refractivity contribution in [2.24, 2.45) is 0 Å². The van der Waals surface area contributed by atoms with Gasteiger partial charge in [-0.1, -0.05) is 24.8 Å². The lowest BCUT2D eigenvalue weighted by Crippen LogP contribution is -2.46. The standard InChI is InChI=1S/C34H36FN7O3/c1-2-31(43)38-24-4-3-13-41(17-24)16-21-5-12-29(35)27(14-21)34(44)39-23-8-6-22(7-9-23)30-15-28-32(40-30)36-20-37-33(28)42-25-10-11-26(42)19-45-18-25/h2,5-9,12,14-15,20,24-26H,1,3-4,10-11,13,16-19H2,(H,38,43)(H,39,44)(H,36,37,40)/t24-,25?,26?/m1/s1. The number of fused-ring (bicyclic) bond motifs is 3. The highest BCUT2D eigenvalue weighted by atomic mass is 19.1. The quantitative estimate of drug-likeness (QED) is 0.249. The smallest absolute Gasteiger partial charge is 0.258 e. The van der Waals surface area contributed by atoms with Gasteiger partial charge in [-0.3, -0.25) is 14.5 Å². The Kier molecular flexibility index (Phi) is 8.03.